The fraction of sp³-hybridized carbons (Fsp3) is 0.0909. The number of nitriles is 1. The Labute approximate surface area is 90.7 Å². The number of benzene rings is 1. The molecule has 0 spiro atoms. The molecule has 1 heterocycles. The summed E-state index contributed by atoms with van der Waals surface area (Å²) in [5.74, 6) is -1.02. The Balaban J connectivity index is 2.33. The predicted octanol–water partition coefficient (Wildman–Crippen LogP) is 2.29. The zero-order valence-corrected chi connectivity index (χ0v) is 8.09. The molecular formula is C11H6FN3O. The average Bonchev–Trinajstić information content (AvgIpc) is 2.30. The van der Waals surface area contributed by atoms with E-state index in [1.807, 2.05) is 0 Å². The van der Waals surface area contributed by atoms with Crippen LogP contribution < -0.4 is 0 Å². The molecule has 0 aromatic heterocycles. The fourth-order valence-electron chi connectivity index (χ4n) is 1.35. The minimum Gasteiger partial charge on any atom is -0.266 e. The number of halogens is 1. The molecule has 1 aliphatic heterocycles. The van der Waals surface area contributed by atoms with Crippen LogP contribution in [0, 0.1) is 17.1 Å². The number of carbonyl (C=O) groups excluding carboxylic acids is 1. The summed E-state index contributed by atoms with van der Waals surface area (Å²) in [5.41, 5.74) is 0.542. The second kappa shape index (κ2) is 4.03. The monoisotopic (exact) mass is 215 g/mol. The first-order chi connectivity index (χ1) is 7.70. The van der Waals surface area contributed by atoms with Gasteiger partial charge in [-0.2, -0.15) is 10.4 Å². The average molecular weight is 215 g/mol. The van der Waals surface area contributed by atoms with Crippen LogP contribution in [0.25, 0.3) is 0 Å². The minimum atomic E-state index is -0.597. The molecule has 16 heavy (non-hydrogen) atoms. The van der Waals surface area contributed by atoms with Crippen LogP contribution in [0.3, 0.4) is 0 Å². The van der Waals surface area contributed by atoms with Gasteiger partial charge in [0.2, 0.25) is 0 Å². The Kier molecular flexibility index (Phi) is 2.56. The molecule has 1 aromatic carbocycles. The lowest BCUT2D eigenvalue weighted by Crippen LogP contribution is -2.00. The van der Waals surface area contributed by atoms with Crippen LogP contribution >= 0.6 is 0 Å². The maximum absolute atomic E-state index is 13.3. The van der Waals surface area contributed by atoms with Crippen molar-refractivity contribution in [1.29, 1.82) is 5.26 Å². The van der Waals surface area contributed by atoms with E-state index in [4.69, 9.17) is 5.26 Å². The number of amides is 1. The summed E-state index contributed by atoms with van der Waals surface area (Å²) in [6.07, 6.45) is 2.82. The molecule has 0 bridgehead atoms. The van der Waals surface area contributed by atoms with Crippen LogP contribution in [0.2, 0.25) is 0 Å². The van der Waals surface area contributed by atoms with E-state index in [0.29, 0.717) is 5.56 Å². The smallest absolute Gasteiger partial charge is 0.266 e. The highest BCUT2D eigenvalue weighted by atomic mass is 19.1. The quantitative estimate of drug-likeness (QED) is 0.721. The van der Waals surface area contributed by atoms with E-state index in [1.165, 1.54) is 24.3 Å². The number of rotatable bonds is 1. The van der Waals surface area contributed by atoms with Crippen molar-refractivity contribution in [1.82, 2.24) is 0 Å². The van der Waals surface area contributed by atoms with Gasteiger partial charge in [0, 0.05) is 6.08 Å². The maximum Gasteiger partial charge on any atom is 0.287 e. The first-order valence-corrected chi connectivity index (χ1v) is 4.53. The Morgan fingerprint density at radius 1 is 1.44 bits per heavy atom. The molecule has 78 valence electrons. The van der Waals surface area contributed by atoms with Crippen LogP contribution in [0.4, 0.5) is 4.39 Å². The van der Waals surface area contributed by atoms with Gasteiger partial charge in [0.25, 0.3) is 5.91 Å². The van der Waals surface area contributed by atoms with Crippen molar-refractivity contribution in [3.63, 3.8) is 0 Å². The maximum atomic E-state index is 13.3. The molecule has 0 aliphatic carbocycles. The standard InChI is InChI=1S/C11H6FN3O/c12-9-5-7(1-2-8(9)6-13)10-3-4-11(16)15-14-10/h1-5,10H. The largest absolute Gasteiger partial charge is 0.287 e. The van der Waals surface area contributed by atoms with E-state index in [1.54, 1.807) is 12.1 Å². The molecule has 1 aliphatic rings. The molecule has 5 heteroatoms. The first kappa shape index (κ1) is 10.2. The number of nitrogens with zero attached hydrogens (tertiary/aromatic N) is 3. The number of hydrogen-bond acceptors (Lipinski definition) is 3. The topological polar surface area (TPSA) is 65.6 Å². The molecule has 1 atom stereocenters. The highest BCUT2D eigenvalue weighted by Crippen LogP contribution is 2.23. The Morgan fingerprint density at radius 2 is 2.25 bits per heavy atom. The summed E-state index contributed by atoms with van der Waals surface area (Å²) in [4.78, 5) is 10.7. The molecule has 4 nitrogen and oxygen atoms in total. The molecule has 0 N–H and O–H groups in total. The van der Waals surface area contributed by atoms with Crippen molar-refractivity contribution in [2.24, 2.45) is 10.2 Å². The van der Waals surface area contributed by atoms with E-state index in [9.17, 15) is 9.18 Å². The van der Waals surface area contributed by atoms with Crippen LogP contribution in [0.15, 0.2) is 40.6 Å². The van der Waals surface area contributed by atoms with Crippen molar-refractivity contribution in [2.45, 2.75) is 6.04 Å². The fourth-order valence-corrected chi connectivity index (χ4v) is 1.35. The van der Waals surface area contributed by atoms with Gasteiger partial charge in [-0.15, -0.1) is 5.11 Å². The Bertz CT molecular complexity index is 527. The van der Waals surface area contributed by atoms with E-state index in [-0.39, 0.29) is 5.56 Å². The zero-order valence-electron chi connectivity index (χ0n) is 8.09. The van der Waals surface area contributed by atoms with Crippen molar-refractivity contribution >= 4 is 5.91 Å². The van der Waals surface area contributed by atoms with E-state index in [2.05, 4.69) is 10.2 Å². The Morgan fingerprint density at radius 3 is 2.81 bits per heavy atom. The molecule has 0 fully saturated rings. The van der Waals surface area contributed by atoms with Gasteiger partial charge in [-0.3, -0.25) is 4.79 Å². The van der Waals surface area contributed by atoms with Crippen molar-refractivity contribution in [2.75, 3.05) is 0 Å². The van der Waals surface area contributed by atoms with Crippen LogP contribution in [0.1, 0.15) is 17.2 Å². The van der Waals surface area contributed by atoms with Gasteiger partial charge in [-0.25, -0.2) is 4.39 Å². The highest BCUT2D eigenvalue weighted by molar-refractivity contribution is 5.88. The van der Waals surface area contributed by atoms with Crippen LogP contribution in [-0.4, -0.2) is 5.91 Å². The molecule has 0 saturated heterocycles. The third-order valence-corrected chi connectivity index (χ3v) is 2.16. The summed E-state index contributed by atoms with van der Waals surface area (Å²) >= 11 is 0. The van der Waals surface area contributed by atoms with E-state index >= 15 is 0 Å². The van der Waals surface area contributed by atoms with Gasteiger partial charge < -0.3 is 0 Å². The lowest BCUT2D eigenvalue weighted by molar-refractivity contribution is -0.114. The molecule has 1 unspecified atom stereocenters. The van der Waals surface area contributed by atoms with Gasteiger partial charge in [0.05, 0.1) is 5.56 Å². The summed E-state index contributed by atoms with van der Waals surface area (Å²) in [7, 11) is 0. The van der Waals surface area contributed by atoms with Crippen molar-refractivity contribution in [3.05, 3.63) is 47.3 Å². The minimum absolute atomic E-state index is 0.0171. The van der Waals surface area contributed by atoms with E-state index < -0.39 is 17.8 Å². The Hall–Kier alpha value is -2.35. The molecular weight excluding hydrogens is 209 g/mol. The second-order valence-corrected chi connectivity index (χ2v) is 3.21. The van der Waals surface area contributed by atoms with Crippen LogP contribution in [0.5, 0.6) is 0 Å². The molecule has 1 aromatic rings. The molecule has 0 radical (unpaired) electrons. The molecule has 0 saturated carbocycles. The highest BCUT2D eigenvalue weighted by Gasteiger charge is 2.13. The van der Waals surface area contributed by atoms with Gasteiger partial charge >= 0.3 is 0 Å². The lowest BCUT2D eigenvalue weighted by atomic mass is 10.0. The summed E-state index contributed by atoms with van der Waals surface area (Å²) < 4.78 is 13.3. The van der Waals surface area contributed by atoms with Crippen LogP contribution in [-0.2, 0) is 4.79 Å². The zero-order chi connectivity index (χ0) is 11.5. The van der Waals surface area contributed by atoms with E-state index in [0.717, 1.165) is 0 Å². The van der Waals surface area contributed by atoms with Gasteiger partial charge in [0.15, 0.2) is 0 Å². The summed E-state index contributed by atoms with van der Waals surface area (Å²) in [6.45, 7) is 0. The van der Waals surface area contributed by atoms with Gasteiger partial charge in [-0.05, 0) is 23.8 Å². The van der Waals surface area contributed by atoms with Crippen molar-refractivity contribution < 1.29 is 9.18 Å². The summed E-state index contributed by atoms with van der Waals surface area (Å²) in [5, 5.41) is 15.7. The predicted molar refractivity (Wildman–Crippen MR) is 52.9 cm³/mol. The number of carbonyl (C=O) groups is 1. The number of azo groups is 1. The van der Waals surface area contributed by atoms with Gasteiger partial charge in [0.1, 0.15) is 17.9 Å². The third-order valence-electron chi connectivity index (χ3n) is 2.16. The molecule has 1 amide bonds. The van der Waals surface area contributed by atoms with Crippen molar-refractivity contribution in [3.8, 4) is 6.07 Å². The lowest BCUT2D eigenvalue weighted by Gasteiger charge is -2.09. The normalized spacial score (nSPS) is 18.5. The third kappa shape index (κ3) is 1.86. The second-order valence-electron chi connectivity index (χ2n) is 3.21. The van der Waals surface area contributed by atoms with Gasteiger partial charge in [-0.1, -0.05) is 6.07 Å². The first-order valence-electron chi connectivity index (χ1n) is 4.53. The number of hydrogen-bond donors (Lipinski definition) is 0. The SMILES string of the molecule is N#Cc1ccc(C2C=CC(=O)N=N2)cc1F. The molecule has 2 rings (SSSR count). The summed E-state index contributed by atoms with van der Waals surface area (Å²) in [6, 6.07) is 5.47.